The number of carbonyl (C=O) groups excluding carboxylic acids is 1. The number of carbonyl (C=O) groups is 1. The number of piperazine rings is 1. The van der Waals surface area contributed by atoms with Crippen molar-refractivity contribution >= 4 is 11.7 Å². The van der Waals surface area contributed by atoms with Crippen LogP contribution in [0.1, 0.15) is 42.4 Å². The predicted octanol–water partition coefficient (Wildman–Crippen LogP) is 3.11. The molecule has 1 fully saturated rings. The molecule has 1 aromatic carbocycles. The first-order valence-corrected chi connectivity index (χ1v) is 9.36. The average molecular weight is 352 g/mol. The Hall–Kier alpha value is -2.43. The van der Waals surface area contributed by atoms with E-state index in [4.69, 9.17) is 4.98 Å². The highest BCUT2D eigenvalue weighted by atomic mass is 16.2. The molecule has 1 amide bonds. The van der Waals surface area contributed by atoms with Gasteiger partial charge in [0, 0.05) is 43.9 Å². The van der Waals surface area contributed by atoms with Crippen LogP contribution in [0.25, 0.3) is 0 Å². The maximum atomic E-state index is 12.6. The topological polar surface area (TPSA) is 49.3 Å². The van der Waals surface area contributed by atoms with Gasteiger partial charge < -0.3 is 9.80 Å². The van der Waals surface area contributed by atoms with E-state index in [2.05, 4.69) is 42.8 Å². The summed E-state index contributed by atoms with van der Waals surface area (Å²) in [5.74, 6) is 2.38. The predicted molar refractivity (Wildman–Crippen MR) is 105 cm³/mol. The van der Waals surface area contributed by atoms with Gasteiger partial charge in [-0.1, -0.05) is 43.7 Å². The van der Waals surface area contributed by atoms with E-state index in [1.165, 1.54) is 5.56 Å². The molecule has 26 heavy (non-hydrogen) atoms. The summed E-state index contributed by atoms with van der Waals surface area (Å²) in [6, 6.07) is 10.2. The first-order chi connectivity index (χ1) is 12.4. The summed E-state index contributed by atoms with van der Waals surface area (Å²) in [5.41, 5.74) is 3.29. The number of hydrogen-bond acceptors (Lipinski definition) is 4. The third-order valence-corrected chi connectivity index (χ3v) is 4.81. The molecule has 0 N–H and O–H groups in total. The van der Waals surface area contributed by atoms with Gasteiger partial charge in [-0.05, 0) is 19.4 Å². The second kappa shape index (κ2) is 7.85. The van der Waals surface area contributed by atoms with Crippen LogP contribution in [-0.4, -0.2) is 47.0 Å². The molecule has 5 nitrogen and oxygen atoms in total. The van der Waals surface area contributed by atoms with Crippen molar-refractivity contribution in [1.82, 2.24) is 14.9 Å². The van der Waals surface area contributed by atoms with E-state index in [1.807, 2.05) is 30.0 Å². The zero-order valence-electron chi connectivity index (χ0n) is 16.2. The van der Waals surface area contributed by atoms with Gasteiger partial charge >= 0.3 is 0 Å². The molecule has 138 valence electrons. The minimum absolute atomic E-state index is 0.204. The quantitative estimate of drug-likeness (QED) is 0.848. The molecule has 2 heterocycles. The first-order valence-electron chi connectivity index (χ1n) is 9.36. The molecule has 0 spiro atoms. The Labute approximate surface area is 156 Å². The van der Waals surface area contributed by atoms with E-state index in [1.54, 1.807) is 0 Å². The molecule has 1 aromatic heterocycles. The summed E-state index contributed by atoms with van der Waals surface area (Å²) in [4.78, 5) is 26.0. The standard InChI is InChI=1S/C21H28N4O/c1-15(2)21-22-17(4)13-19(23-21)24-9-11-25(12-10-24)20(26)14-18-7-5-16(3)6-8-18/h5-8,13,15H,9-12,14H2,1-4H3. The van der Waals surface area contributed by atoms with Crippen LogP contribution in [0.3, 0.4) is 0 Å². The maximum absolute atomic E-state index is 12.6. The number of aryl methyl sites for hydroxylation is 2. The Morgan fingerprint density at radius 3 is 2.31 bits per heavy atom. The monoisotopic (exact) mass is 352 g/mol. The molecule has 5 heteroatoms. The van der Waals surface area contributed by atoms with Crippen LogP contribution in [0.5, 0.6) is 0 Å². The second-order valence-corrected chi connectivity index (χ2v) is 7.41. The number of aromatic nitrogens is 2. The minimum Gasteiger partial charge on any atom is -0.353 e. The van der Waals surface area contributed by atoms with Crippen molar-refractivity contribution in [2.45, 2.75) is 40.0 Å². The van der Waals surface area contributed by atoms with Crippen molar-refractivity contribution < 1.29 is 4.79 Å². The summed E-state index contributed by atoms with van der Waals surface area (Å²) in [6.07, 6.45) is 0.477. The van der Waals surface area contributed by atoms with Gasteiger partial charge in [0.15, 0.2) is 0 Å². The molecule has 1 aliphatic rings. The lowest BCUT2D eigenvalue weighted by Gasteiger charge is -2.35. The summed E-state index contributed by atoms with van der Waals surface area (Å²) in [5, 5.41) is 0. The van der Waals surface area contributed by atoms with Gasteiger partial charge in [-0.15, -0.1) is 0 Å². The molecule has 3 rings (SSSR count). The highest BCUT2D eigenvalue weighted by Gasteiger charge is 2.22. The number of anilines is 1. The zero-order valence-corrected chi connectivity index (χ0v) is 16.2. The van der Waals surface area contributed by atoms with E-state index in [0.29, 0.717) is 12.3 Å². The molecule has 0 unspecified atom stereocenters. The molecule has 1 saturated heterocycles. The van der Waals surface area contributed by atoms with Crippen molar-refractivity contribution in [3.63, 3.8) is 0 Å². The lowest BCUT2D eigenvalue weighted by Crippen LogP contribution is -2.49. The molecule has 0 atom stereocenters. The van der Waals surface area contributed by atoms with Crippen LogP contribution in [0, 0.1) is 13.8 Å². The number of amides is 1. The highest BCUT2D eigenvalue weighted by molar-refractivity contribution is 5.79. The highest BCUT2D eigenvalue weighted by Crippen LogP contribution is 2.19. The number of rotatable bonds is 4. The van der Waals surface area contributed by atoms with E-state index < -0.39 is 0 Å². The number of hydrogen-bond donors (Lipinski definition) is 0. The molecular formula is C21H28N4O. The van der Waals surface area contributed by atoms with Gasteiger partial charge in [0.25, 0.3) is 0 Å². The molecule has 0 saturated carbocycles. The van der Waals surface area contributed by atoms with Crippen molar-refractivity contribution in [3.8, 4) is 0 Å². The first kappa shape index (κ1) is 18.4. The van der Waals surface area contributed by atoms with Gasteiger partial charge in [-0.3, -0.25) is 4.79 Å². The van der Waals surface area contributed by atoms with Gasteiger partial charge in [0.05, 0.1) is 6.42 Å². The van der Waals surface area contributed by atoms with Crippen LogP contribution in [-0.2, 0) is 11.2 Å². The number of benzene rings is 1. The van der Waals surface area contributed by atoms with Crippen molar-refractivity contribution in [3.05, 3.63) is 53.0 Å². The third kappa shape index (κ3) is 4.40. The minimum atomic E-state index is 0.204. The Morgan fingerprint density at radius 1 is 1.04 bits per heavy atom. The largest absolute Gasteiger partial charge is 0.353 e. The van der Waals surface area contributed by atoms with Gasteiger partial charge in [-0.2, -0.15) is 0 Å². The van der Waals surface area contributed by atoms with E-state index in [9.17, 15) is 4.79 Å². The van der Waals surface area contributed by atoms with Gasteiger partial charge in [-0.25, -0.2) is 9.97 Å². The van der Waals surface area contributed by atoms with E-state index in [0.717, 1.165) is 49.1 Å². The van der Waals surface area contributed by atoms with Crippen molar-refractivity contribution in [2.75, 3.05) is 31.1 Å². The normalized spacial score (nSPS) is 14.8. The smallest absolute Gasteiger partial charge is 0.227 e. The lowest BCUT2D eigenvalue weighted by molar-refractivity contribution is -0.130. The van der Waals surface area contributed by atoms with Crippen molar-refractivity contribution in [2.24, 2.45) is 0 Å². The van der Waals surface area contributed by atoms with E-state index in [-0.39, 0.29) is 5.91 Å². The summed E-state index contributed by atoms with van der Waals surface area (Å²) in [7, 11) is 0. The van der Waals surface area contributed by atoms with Gasteiger partial charge in [0.2, 0.25) is 5.91 Å². The SMILES string of the molecule is Cc1ccc(CC(=O)N2CCN(c3cc(C)nc(C(C)C)n3)CC2)cc1. The maximum Gasteiger partial charge on any atom is 0.227 e. The Balaban J connectivity index is 1.60. The fraction of sp³-hybridized carbons (Fsp3) is 0.476. The van der Waals surface area contributed by atoms with Gasteiger partial charge in [0.1, 0.15) is 11.6 Å². The van der Waals surface area contributed by atoms with Crippen molar-refractivity contribution in [1.29, 1.82) is 0 Å². The summed E-state index contributed by atoms with van der Waals surface area (Å²) in [6.45, 7) is 11.4. The second-order valence-electron chi connectivity index (χ2n) is 7.41. The number of nitrogens with zero attached hydrogens (tertiary/aromatic N) is 4. The van der Waals surface area contributed by atoms with Crippen LogP contribution in [0.15, 0.2) is 30.3 Å². The van der Waals surface area contributed by atoms with Crippen LogP contribution in [0.4, 0.5) is 5.82 Å². The molecular weight excluding hydrogens is 324 g/mol. The average Bonchev–Trinajstić information content (AvgIpc) is 2.63. The Bertz CT molecular complexity index is 762. The third-order valence-electron chi connectivity index (χ3n) is 4.81. The summed E-state index contributed by atoms with van der Waals surface area (Å²) >= 11 is 0. The summed E-state index contributed by atoms with van der Waals surface area (Å²) < 4.78 is 0. The molecule has 2 aromatic rings. The molecule has 0 bridgehead atoms. The Kier molecular flexibility index (Phi) is 5.55. The fourth-order valence-electron chi connectivity index (χ4n) is 3.17. The van der Waals surface area contributed by atoms with Crippen LogP contribution < -0.4 is 4.90 Å². The van der Waals surface area contributed by atoms with E-state index >= 15 is 0 Å². The molecule has 0 radical (unpaired) electrons. The van der Waals surface area contributed by atoms with Crippen LogP contribution >= 0.6 is 0 Å². The fourth-order valence-corrected chi connectivity index (χ4v) is 3.17. The zero-order chi connectivity index (χ0) is 18.7. The Morgan fingerprint density at radius 2 is 1.69 bits per heavy atom. The lowest BCUT2D eigenvalue weighted by atomic mass is 10.1. The molecule has 0 aliphatic carbocycles. The molecule has 1 aliphatic heterocycles. The van der Waals surface area contributed by atoms with Crippen LogP contribution in [0.2, 0.25) is 0 Å².